The van der Waals surface area contributed by atoms with E-state index in [0.29, 0.717) is 25.5 Å². The lowest BCUT2D eigenvalue weighted by Crippen LogP contribution is -2.43. The van der Waals surface area contributed by atoms with Crippen LogP contribution in [-0.4, -0.2) is 38.5 Å². The highest BCUT2D eigenvalue weighted by atomic mass is 127. The molecule has 0 saturated heterocycles. The van der Waals surface area contributed by atoms with Crippen LogP contribution in [0.3, 0.4) is 0 Å². The second kappa shape index (κ2) is 12.2. The zero-order valence-corrected chi connectivity index (χ0v) is 15.3. The lowest BCUT2D eigenvalue weighted by atomic mass is 10.1. The first-order valence-electron chi connectivity index (χ1n) is 7.11. The summed E-state index contributed by atoms with van der Waals surface area (Å²) in [5, 5.41) is 8.79. The summed E-state index contributed by atoms with van der Waals surface area (Å²) in [6, 6.07) is 6.50. The van der Waals surface area contributed by atoms with E-state index in [1.54, 1.807) is 13.1 Å². The summed E-state index contributed by atoms with van der Waals surface area (Å²) >= 11 is 0. The van der Waals surface area contributed by atoms with Crippen molar-refractivity contribution in [3.05, 3.63) is 35.6 Å². The van der Waals surface area contributed by atoms with E-state index in [1.165, 1.54) is 12.1 Å². The Morgan fingerprint density at radius 3 is 2.64 bits per heavy atom. The number of nitrogens with zero attached hydrogens (tertiary/aromatic N) is 1. The van der Waals surface area contributed by atoms with Gasteiger partial charge in [-0.05, 0) is 30.5 Å². The fourth-order valence-electron chi connectivity index (χ4n) is 1.73. The van der Waals surface area contributed by atoms with Crippen LogP contribution in [0.25, 0.3) is 0 Å². The SMILES string of the molecule is CCCNC(=O)CNC(=NC)NCCc1cccc(F)c1.I. The summed E-state index contributed by atoms with van der Waals surface area (Å²) in [7, 11) is 1.64. The molecule has 0 aromatic heterocycles. The van der Waals surface area contributed by atoms with E-state index >= 15 is 0 Å². The third-order valence-electron chi connectivity index (χ3n) is 2.81. The summed E-state index contributed by atoms with van der Waals surface area (Å²) in [5.41, 5.74) is 0.915. The van der Waals surface area contributed by atoms with Gasteiger partial charge in [0, 0.05) is 20.1 Å². The molecule has 1 aromatic carbocycles. The molecule has 124 valence electrons. The predicted molar refractivity (Wildman–Crippen MR) is 98.2 cm³/mol. The molecule has 0 saturated carbocycles. The van der Waals surface area contributed by atoms with Crippen molar-refractivity contribution in [1.82, 2.24) is 16.0 Å². The molecule has 1 aromatic rings. The van der Waals surface area contributed by atoms with Gasteiger partial charge in [-0.2, -0.15) is 0 Å². The number of hydrogen-bond donors (Lipinski definition) is 3. The van der Waals surface area contributed by atoms with Crippen LogP contribution in [0.1, 0.15) is 18.9 Å². The molecule has 0 heterocycles. The van der Waals surface area contributed by atoms with Crippen LogP contribution in [0, 0.1) is 5.82 Å². The van der Waals surface area contributed by atoms with Gasteiger partial charge < -0.3 is 16.0 Å². The largest absolute Gasteiger partial charge is 0.356 e. The van der Waals surface area contributed by atoms with Gasteiger partial charge in [0.05, 0.1) is 6.54 Å². The number of halogens is 2. The maximum Gasteiger partial charge on any atom is 0.239 e. The maximum absolute atomic E-state index is 13.0. The Morgan fingerprint density at radius 2 is 2.00 bits per heavy atom. The van der Waals surface area contributed by atoms with Crippen LogP contribution < -0.4 is 16.0 Å². The number of rotatable bonds is 7. The van der Waals surface area contributed by atoms with Crippen LogP contribution in [0.4, 0.5) is 4.39 Å². The van der Waals surface area contributed by atoms with Gasteiger partial charge in [0.1, 0.15) is 5.82 Å². The number of hydrogen-bond acceptors (Lipinski definition) is 2. The zero-order valence-electron chi connectivity index (χ0n) is 13.0. The van der Waals surface area contributed by atoms with Crippen molar-refractivity contribution in [2.24, 2.45) is 4.99 Å². The molecule has 0 bridgehead atoms. The predicted octanol–water partition coefficient (Wildman–Crippen LogP) is 1.68. The van der Waals surface area contributed by atoms with Crippen molar-refractivity contribution in [3.8, 4) is 0 Å². The molecular formula is C15H24FIN4O. The van der Waals surface area contributed by atoms with Crippen molar-refractivity contribution >= 4 is 35.8 Å². The molecule has 3 N–H and O–H groups in total. The van der Waals surface area contributed by atoms with E-state index in [-0.39, 0.29) is 42.2 Å². The van der Waals surface area contributed by atoms with E-state index in [1.807, 2.05) is 13.0 Å². The third-order valence-corrected chi connectivity index (χ3v) is 2.81. The average Bonchev–Trinajstić information content (AvgIpc) is 2.48. The second-order valence-corrected chi connectivity index (χ2v) is 4.58. The lowest BCUT2D eigenvalue weighted by molar-refractivity contribution is -0.120. The topological polar surface area (TPSA) is 65.5 Å². The first kappa shape index (κ1) is 20.6. The number of amides is 1. The molecule has 5 nitrogen and oxygen atoms in total. The number of benzene rings is 1. The smallest absolute Gasteiger partial charge is 0.239 e. The van der Waals surface area contributed by atoms with Gasteiger partial charge in [0.2, 0.25) is 5.91 Å². The van der Waals surface area contributed by atoms with Crippen molar-refractivity contribution in [2.75, 3.05) is 26.7 Å². The quantitative estimate of drug-likeness (QED) is 0.356. The Balaban J connectivity index is 0.00000441. The molecule has 0 unspecified atom stereocenters. The summed E-state index contributed by atoms with van der Waals surface area (Å²) in [4.78, 5) is 15.5. The minimum Gasteiger partial charge on any atom is -0.356 e. The van der Waals surface area contributed by atoms with Crippen LogP contribution >= 0.6 is 24.0 Å². The Kier molecular flexibility index (Phi) is 11.4. The van der Waals surface area contributed by atoms with Crippen LogP contribution in [0.5, 0.6) is 0 Å². The van der Waals surface area contributed by atoms with E-state index in [4.69, 9.17) is 0 Å². The lowest BCUT2D eigenvalue weighted by Gasteiger charge is -2.11. The van der Waals surface area contributed by atoms with Crippen molar-refractivity contribution < 1.29 is 9.18 Å². The highest BCUT2D eigenvalue weighted by molar-refractivity contribution is 14.0. The van der Waals surface area contributed by atoms with E-state index < -0.39 is 0 Å². The minimum absolute atomic E-state index is 0. The highest BCUT2D eigenvalue weighted by Gasteiger charge is 2.02. The van der Waals surface area contributed by atoms with Crippen LogP contribution in [0.2, 0.25) is 0 Å². The minimum atomic E-state index is -0.234. The summed E-state index contributed by atoms with van der Waals surface area (Å²) in [5.74, 6) is 0.255. The molecule has 1 amide bonds. The van der Waals surface area contributed by atoms with Crippen molar-refractivity contribution in [1.29, 1.82) is 0 Å². The Bertz CT molecular complexity index is 482. The zero-order chi connectivity index (χ0) is 15.5. The van der Waals surface area contributed by atoms with Crippen LogP contribution in [-0.2, 0) is 11.2 Å². The molecule has 0 radical (unpaired) electrons. The molecule has 0 aliphatic heterocycles. The van der Waals surface area contributed by atoms with Gasteiger partial charge in [0.15, 0.2) is 5.96 Å². The number of carbonyl (C=O) groups is 1. The molecular weight excluding hydrogens is 398 g/mol. The van der Waals surface area contributed by atoms with Crippen molar-refractivity contribution in [2.45, 2.75) is 19.8 Å². The van der Waals surface area contributed by atoms with Crippen LogP contribution in [0.15, 0.2) is 29.3 Å². The summed E-state index contributed by atoms with van der Waals surface area (Å²) < 4.78 is 13.0. The monoisotopic (exact) mass is 422 g/mol. The number of carbonyl (C=O) groups excluding carboxylic acids is 1. The molecule has 0 fully saturated rings. The fraction of sp³-hybridized carbons (Fsp3) is 0.467. The molecule has 0 aliphatic carbocycles. The summed E-state index contributed by atoms with van der Waals surface area (Å²) in [6.07, 6.45) is 1.59. The summed E-state index contributed by atoms with van der Waals surface area (Å²) in [6.45, 7) is 3.46. The first-order valence-corrected chi connectivity index (χ1v) is 7.11. The average molecular weight is 422 g/mol. The Labute approximate surface area is 148 Å². The molecule has 7 heteroatoms. The number of aliphatic imine (C=N–C) groups is 1. The second-order valence-electron chi connectivity index (χ2n) is 4.58. The Morgan fingerprint density at radius 1 is 1.23 bits per heavy atom. The molecule has 0 atom stereocenters. The van der Waals surface area contributed by atoms with Gasteiger partial charge in [0.25, 0.3) is 0 Å². The first-order chi connectivity index (χ1) is 10.2. The number of guanidine groups is 1. The standard InChI is InChI=1S/C15H23FN4O.HI/c1-3-8-18-14(21)11-20-15(17-2)19-9-7-12-5-4-6-13(16)10-12;/h4-6,10H,3,7-9,11H2,1-2H3,(H,18,21)(H2,17,19,20);1H. The van der Waals surface area contributed by atoms with Crippen molar-refractivity contribution in [3.63, 3.8) is 0 Å². The highest BCUT2D eigenvalue weighted by Crippen LogP contribution is 2.03. The van der Waals surface area contributed by atoms with Gasteiger partial charge in [-0.3, -0.25) is 9.79 Å². The van der Waals surface area contributed by atoms with Gasteiger partial charge in [-0.15, -0.1) is 24.0 Å². The Hall–Kier alpha value is -1.38. The van der Waals surface area contributed by atoms with Gasteiger partial charge in [-0.25, -0.2) is 4.39 Å². The third kappa shape index (κ3) is 8.81. The van der Waals surface area contributed by atoms with Gasteiger partial charge in [-0.1, -0.05) is 19.1 Å². The van der Waals surface area contributed by atoms with E-state index in [9.17, 15) is 9.18 Å². The van der Waals surface area contributed by atoms with E-state index in [0.717, 1.165) is 12.0 Å². The normalized spacial score (nSPS) is 10.6. The molecule has 1 rings (SSSR count). The fourth-order valence-corrected chi connectivity index (χ4v) is 1.73. The molecule has 0 aliphatic rings. The molecule has 22 heavy (non-hydrogen) atoms. The maximum atomic E-state index is 13.0. The van der Waals surface area contributed by atoms with Gasteiger partial charge >= 0.3 is 0 Å². The molecule has 0 spiro atoms. The number of nitrogens with one attached hydrogen (secondary N) is 3. The van der Waals surface area contributed by atoms with E-state index in [2.05, 4.69) is 20.9 Å².